The quantitative estimate of drug-likeness (QED) is 0.345. The van der Waals surface area contributed by atoms with E-state index in [1.807, 2.05) is 0 Å². The van der Waals surface area contributed by atoms with Gasteiger partial charge in [-0.3, -0.25) is 4.79 Å². The van der Waals surface area contributed by atoms with Gasteiger partial charge in [0.25, 0.3) is 0 Å². The highest BCUT2D eigenvalue weighted by atomic mass is 16.5. The number of rotatable bonds is 7. The summed E-state index contributed by atoms with van der Waals surface area (Å²) in [5, 5.41) is 2.78. The van der Waals surface area contributed by atoms with Crippen LogP contribution in [0.3, 0.4) is 0 Å². The van der Waals surface area contributed by atoms with Crippen LogP contribution in [0.25, 0.3) is 0 Å². The second kappa shape index (κ2) is 8.13. The maximum Gasteiger partial charge on any atom is 0.241 e. The van der Waals surface area contributed by atoms with Crippen molar-refractivity contribution >= 4 is 5.91 Å². The average Bonchev–Trinajstić information content (AvgIpc) is 2.05. The monoisotopic (exact) mass is 173 g/mol. The standard InChI is InChI=1S/C7H15N3O2/c1-12-6-4-2-3-5-7(11)9-10-8/h2-6H2,1H3,(H2,8,9,11). The summed E-state index contributed by atoms with van der Waals surface area (Å²) in [5.74, 6) is -0.192. The van der Waals surface area contributed by atoms with Crippen LogP contribution in [-0.2, 0) is 9.53 Å². The zero-order chi connectivity index (χ0) is 9.23. The van der Waals surface area contributed by atoms with Gasteiger partial charge in [-0.25, -0.2) is 5.43 Å². The topological polar surface area (TPSA) is 74.5 Å². The van der Waals surface area contributed by atoms with Gasteiger partial charge >= 0.3 is 0 Å². The molecule has 0 atom stereocenters. The average molecular weight is 173 g/mol. The lowest BCUT2D eigenvalue weighted by atomic mass is 10.2. The van der Waals surface area contributed by atoms with Gasteiger partial charge < -0.3 is 4.74 Å². The fraction of sp³-hybridized carbons (Fsp3) is 0.857. The van der Waals surface area contributed by atoms with Crippen molar-refractivity contribution in [3.63, 3.8) is 0 Å². The van der Waals surface area contributed by atoms with Crippen molar-refractivity contribution in [1.29, 1.82) is 5.53 Å². The lowest BCUT2D eigenvalue weighted by Crippen LogP contribution is -2.15. The molecule has 2 N–H and O–H groups in total. The van der Waals surface area contributed by atoms with Gasteiger partial charge in [0.1, 0.15) is 0 Å². The van der Waals surface area contributed by atoms with E-state index in [0.717, 1.165) is 25.9 Å². The summed E-state index contributed by atoms with van der Waals surface area (Å²) in [6.45, 7) is 0.741. The Morgan fingerprint density at radius 3 is 2.83 bits per heavy atom. The molecular weight excluding hydrogens is 158 g/mol. The number of nitrogens with zero attached hydrogens (tertiary/aromatic N) is 1. The SMILES string of the molecule is COCCCCCC(=O)NN=N. The first-order valence-corrected chi connectivity index (χ1v) is 3.95. The molecule has 0 aliphatic heterocycles. The number of methoxy groups -OCH3 is 1. The molecule has 0 spiro atoms. The molecule has 0 rings (SSSR count). The van der Waals surface area contributed by atoms with Crippen molar-refractivity contribution < 1.29 is 9.53 Å². The smallest absolute Gasteiger partial charge is 0.241 e. The van der Waals surface area contributed by atoms with E-state index in [9.17, 15) is 4.79 Å². The van der Waals surface area contributed by atoms with Crippen molar-refractivity contribution in [3.8, 4) is 0 Å². The Labute approximate surface area is 72.0 Å². The largest absolute Gasteiger partial charge is 0.385 e. The molecule has 0 unspecified atom stereocenters. The molecule has 0 aromatic rings. The van der Waals surface area contributed by atoms with Crippen LogP contribution in [0, 0.1) is 5.53 Å². The molecule has 12 heavy (non-hydrogen) atoms. The molecule has 0 saturated carbocycles. The first-order chi connectivity index (χ1) is 5.81. The molecule has 0 bridgehead atoms. The molecular formula is C7H15N3O2. The Kier molecular flexibility index (Phi) is 7.47. The molecule has 70 valence electrons. The summed E-state index contributed by atoms with van der Waals surface area (Å²) >= 11 is 0. The Balaban J connectivity index is 3.08. The van der Waals surface area contributed by atoms with Gasteiger partial charge in [-0.15, -0.1) is 0 Å². The number of carbonyl (C=O) groups excluding carboxylic acids is 1. The van der Waals surface area contributed by atoms with E-state index in [1.165, 1.54) is 0 Å². The molecule has 0 aliphatic carbocycles. The number of nitrogens with one attached hydrogen (secondary N) is 2. The number of hydrogen-bond acceptors (Lipinski definition) is 4. The molecule has 0 aliphatic rings. The molecule has 0 aromatic heterocycles. The predicted molar refractivity (Wildman–Crippen MR) is 43.6 cm³/mol. The van der Waals surface area contributed by atoms with E-state index in [1.54, 1.807) is 7.11 Å². The lowest BCUT2D eigenvalue weighted by Gasteiger charge is -1.98. The van der Waals surface area contributed by atoms with Gasteiger partial charge in [-0.1, -0.05) is 11.6 Å². The van der Waals surface area contributed by atoms with Crippen molar-refractivity contribution in [2.45, 2.75) is 25.7 Å². The number of carbonyl (C=O) groups is 1. The third-order valence-electron chi connectivity index (χ3n) is 1.43. The van der Waals surface area contributed by atoms with E-state index in [-0.39, 0.29) is 5.91 Å². The van der Waals surface area contributed by atoms with Crippen LogP contribution in [0.4, 0.5) is 0 Å². The zero-order valence-corrected chi connectivity index (χ0v) is 7.30. The van der Waals surface area contributed by atoms with Crippen LogP contribution in [-0.4, -0.2) is 19.6 Å². The minimum absolute atomic E-state index is 0.192. The molecule has 0 radical (unpaired) electrons. The van der Waals surface area contributed by atoms with Crippen molar-refractivity contribution in [2.24, 2.45) is 5.22 Å². The third kappa shape index (κ3) is 7.14. The van der Waals surface area contributed by atoms with E-state index < -0.39 is 0 Å². The van der Waals surface area contributed by atoms with E-state index in [0.29, 0.717) is 6.42 Å². The maximum atomic E-state index is 10.7. The summed E-state index contributed by atoms with van der Waals surface area (Å²) in [6, 6.07) is 0. The van der Waals surface area contributed by atoms with Gasteiger partial charge in [0, 0.05) is 20.1 Å². The van der Waals surface area contributed by atoms with Gasteiger partial charge in [0.15, 0.2) is 0 Å². The second-order valence-corrected chi connectivity index (χ2v) is 2.45. The second-order valence-electron chi connectivity index (χ2n) is 2.45. The Bertz CT molecular complexity index is 139. The number of amides is 1. The summed E-state index contributed by atoms with van der Waals surface area (Å²) in [7, 11) is 1.66. The fourth-order valence-corrected chi connectivity index (χ4v) is 0.827. The van der Waals surface area contributed by atoms with Gasteiger partial charge in [-0.2, -0.15) is 5.53 Å². The Hall–Kier alpha value is -0.970. The lowest BCUT2D eigenvalue weighted by molar-refractivity contribution is -0.121. The number of hydrogen-bond donors (Lipinski definition) is 2. The summed E-state index contributed by atoms with van der Waals surface area (Å²) in [5.41, 5.74) is 8.41. The van der Waals surface area contributed by atoms with Crippen molar-refractivity contribution in [3.05, 3.63) is 0 Å². The summed E-state index contributed by atoms with van der Waals surface area (Å²) < 4.78 is 4.85. The zero-order valence-electron chi connectivity index (χ0n) is 7.30. The van der Waals surface area contributed by atoms with Crippen LogP contribution in [0.15, 0.2) is 5.22 Å². The fourth-order valence-electron chi connectivity index (χ4n) is 0.827. The maximum absolute atomic E-state index is 10.7. The van der Waals surface area contributed by atoms with E-state index in [2.05, 4.69) is 10.6 Å². The third-order valence-corrected chi connectivity index (χ3v) is 1.43. The van der Waals surface area contributed by atoms with Gasteiger partial charge in [0.2, 0.25) is 5.91 Å². The highest BCUT2D eigenvalue weighted by molar-refractivity contribution is 5.75. The first-order valence-electron chi connectivity index (χ1n) is 3.95. The summed E-state index contributed by atoms with van der Waals surface area (Å²) in [6.07, 6.45) is 3.21. The molecule has 1 amide bonds. The molecule has 5 heteroatoms. The van der Waals surface area contributed by atoms with Crippen LogP contribution in [0.1, 0.15) is 25.7 Å². The Morgan fingerprint density at radius 1 is 1.50 bits per heavy atom. The minimum atomic E-state index is -0.192. The van der Waals surface area contributed by atoms with Gasteiger partial charge in [0.05, 0.1) is 0 Å². The normalized spacial score (nSPS) is 9.42. The molecule has 0 heterocycles. The van der Waals surface area contributed by atoms with Crippen LogP contribution in [0.2, 0.25) is 0 Å². The van der Waals surface area contributed by atoms with Crippen molar-refractivity contribution in [2.75, 3.05) is 13.7 Å². The van der Waals surface area contributed by atoms with E-state index in [4.69, 9.17) is 10.3 Å². The number of unbranched alkanes of at least 4 members (excludes halogenated alkanes) is 2. The Morgan fingerprint density at radius 2 is 2.25 bits per heavy atom. The number of ether oxygens (including phenoxy) is 1. The van der Waals surface area contributed by atoms with E-state index >= 15 is 0 Å². The first kappa shape index (κ1) is 11.0. The highest BCUT2D eigenvalue weighted by Crippen LogP contribution is 1.99. The van der Waals surface area contributed by atoms with Gasteiger partial charge in [-0.05, 0) is 12.8 Å². The predicted octanol–water partition coefficient (Wildman–Crippen LogP) is 1.26. The molecule has 5 nitrogen and oxygen atoms in total. The van der Waals surface area contributed by atoms with Crippen LogP contribution >= 0.6 is 0 Å². The minimum Gasteiger partial charge on any atom is -0.385 e. The summed E-state index contributed by atoms with van der Waals surface area (Å²) in [4.78, 5) is 10.7. The van der Waals surface area contributed by atoms with Crippen LogP contribution < -0.4 is 5.43 Å². The highest BCUT2D eigenvalue weighted by Gasteiger charge is 1.98. The molecule has 0 fully saturated rings. The molecule has 0 aromatic carbocycles. The molecule has 0 saturated heterocycles. The van der Waals surface area contributed by atoms with Crippen LogP contribution in [0.5, 0.6) is 0 Å². The van der Waals surface area contributed by atoms with Crippen molar-refractivity contribution in [1.82, 2.24) is 5.43 Å².